The molecule has 0 saturated carbocycles. The van der Waals surface area contributed by atoms with Crippen LogP contribution in [0.4, 0.5) is 5.13 Å². The maximum absolute atomic E-state index is 13.1. The normalized spacial score (nSPS) is 11.0. The molecule has 0 aliphatic heterocycles. The molecule has 0 N–H and O–H groups in total. The van der Waals surface area contributed by atoms with E-state index in [-0.39, 0.29) is 24.6 Å². The van der Waals surface area contributed by atoms with Gasteiger partial charge >= 0.3 is 0 Å². The summed E-state index contributed by atoms with van der Waals surface area (Å²) in [6.45, 7) is 3.85. The third-order valence-electron chi connectivity index (χ3n) is 4.48. The summed E-state index contributed by atoms with van der Waals surface area (Å²) < 4.78 is 3.19. The molecule has 1 amide bonds. The number of thiazole rings is 1. The van der Waals surface area contributed by atoms with Gasteiger partial charge in [-0.15, -0.1) is 17.9 Å². The molecule has 3 heterocycles. The third-order valence-corrected chi connectivity index (χ3v) is 5.90. The topological polar surface area (TPSA) is 85.9 Å². The number of rotatable bonds is 6. The lowest BCUT2D eigenvalue weighted by Crippen LogP contribution is -2.36. The SMILES string of the molecule is C=CCN(C(=O)Cn1cnc2c(c(Br)nn2C)c1=O)c1nc(-c2ccccc2)cs1. The first-order chi connectivity index (χ1) is 14.5. The number of fused-ring (bicyclic) bond motifs is 1. The Morgan fingerprint density at radius 1 is 1.33 bits per heavy atom. The standard InChI is InChI=1S/C20H17BrN6O2S/c1-3-9-27(20-23-14(11-30-20)13-7-5-4-6-8-13)15(28)10-26-12-22-18-16(19(26)29)17(21)24-25(18)2/h3-8,11-12H,1,9-10H2,2H3. The Bertz CT molecular complexity index is 1290. The van der Waals surface area contributed by atoms with Gasteiger partial charge in [0.05, 0.1) is 5.69 Å². The molecular formula is C20H17BrN6O2S. The summed E-state index contributed by atoms with van der Waals surface area (Å²) in [6.07, 6.45) is 2.99. The maximum atomic E-state index is 13.1. The fraction of sp³-hybridized carbons (Fsp3) is 0.150. The second-order valence-electron chi connectivity index (χ2n) is 6.47. The van der Waals surface area contributed by atoms with E-state index in [1.54, 1.807) is 13.1 Å². The Morgan fingerprint density at radius 3 is 2.83 bits per heavy atom. The lowest BCUT2D eigenvalue weighted by atomic mass is 10.2. The van der Waals surface area contributed by atoms with E-state index in [4.69, 9.17) is 0 Å². The average Bonchev–Trinajstić information content (AvgIpc) is 3.34. The van der Waals surface area contributed by atoms with E-state index in [1.807, 2.05) is 35.7 Å². The van der Waals surface area contributed by atoms with Crippen molar-refractivity contribution in [1.82, 2.24) is 24.3 Å². The van der Waals surface area contributed by atoms with Gasteiger partial charge < -0.3 is 0 Å². The number of aryl methyl sites for hydroxylation is 1. The molecule has 0 aliphatic carbocycles. The van der Waals surface area contributed by atoms with E-state index in [0.717, 1.165) is 11.3 Å². The Hall–Kier alpha value is -3.11. The summed E-state index contributed by atoms with van der Waals surface area (Å²) in [6, 6.07) is 9.74. The van der Waals surface area contributed by atoms with Crippen molar-refractivity contribution in [2.75, 3.05) is 11.4 Å². The minimum Gasteiger partial charge on any atom is -0.289 e. The van der Waals surface area contributed by atoms with Crippen LogP contribution in [0.2, 0.25) is 0 Å². The third kappa shape index (κ3) is 3.71. The summed E-state index contributed by atoms with van der Waals surface area (Å²) in [4.78, 5) is 36.3. The molecule has 4 rings (SSSR count). The van der Waals surface area contributed by atoms with E-state index < -0.39 is 0 Å². The minimum atomic E-state index is -0.337. The molecule has 8 nitrogen and oxygen atoms in total. The van der Waals surface area contributed by atoms with Crippen molar-refractivity contribution in [1.29, 1.82) is 0 Å². The number of carbonyl (C=O) groups excluding carboxylic acids is 1. The van der Waals surface area contributed by atoms with Crippen LogP contribution < -0.4 is 10.5 Å². The van der Waals surface area contributed by atoms with E-state index in [2.05, 4.69) is 37.6 Å². The van der Waals surface area contributed by atoms with Crippen molar-refractivity contribution >= 4 is 49.3 Å². The number of hydrogen-bond donors (Lipinski definition) is 0. The van der Waals surface area contributed by atoms with Gasteiger partial charge in [-0.3, -0.25) is 19.1 Å². The van der Waals surface area contributed by atoms with E-state index in [9.17, 15) is 9.59 Å². The van der Waals surface area contributed by atoms with Crippen LogP contribution in [0.1, 0.15) is 0 Å². The number of halogens is 1. The van der Waals surface area contributed by atoms with Crippen LogP contribution in [0.5, 0.6) is 0 Å². The van der Waals surface area contributed by atoms with Crippen LogP contribution in [0.15, 0.2) is 64.1 Å². The average molecular weight is 485 g/mol. The lowest BCUT2D eigenvalue weighted by molar-refractivity contribution is -0.119. The summed E-state index contributed by atoms with van der Waals surface area (Å²) in [5.74, 6) is -0.285. The zero-order valence-electron chi connectivity index (χ0n) is 16.0. The van der Waals surface area contributed by atoms with Crippen molar-refractivity contribution < 1.29 is 4.79 Å². The number of hydrogen-bond acceptors (Lipinski definition) is 6. The monoisotopic (exact) mass is 484 g/mol. The van der Waals surface area contributed by atoms with E-state index >= 15 is 0 Å². The summed E-state index contributed by atoms with van der Waals surface area (Å²) >= 11 is 4.65. The molecule has 0 radical (unpaired) electrons. The molecule has 3 aromatic heterocycles. The molecule has 0 saturated heterocycles. The first kappa shape index (κ1) is 20.2. The number of amides is 1. The number of anilines is 1. The quantitative estimate of drug-likeness (QED) is 0.392. The highest BCUT2D eigenvalue weighted by atomic mass is 79.9. The predicted molar refractivity (Wildman–Crippen MR) is 121 cm³/mol. The molecule has 0 atom stereocenters. The largest absolute Gasteiger partial charge is 0.289 e. The van der Waals surface area contributed by atoms with Crippen LogP contribution in [-0.4, -0.2) is 36.8 Å². The highest BCUT2D eigenvalue weighted by molar-refractivity contribution is 9.10. The van der Waals surface area contributed by atoms with Gasteiger partial charge in [0.1, 0.15) is 22.9 Å². The smallest absolute Gasteiger partial charge is 0.266 e. The number of benzene rings is 1. The second-order valence-corrected chi connectivity index (χ2v) is 8.05. The first-order valence-corrected chi connectivity index (χ1v) is 10.7. The molecule has 0 fully saturated rings. The fourth-order valence-electron chi connectivity index (χ4n) is 3.02. The number of carbonyl (C=O) groups is 1. The molecule has 0 aliphatic rings. The molecule has 0 unspecified atom stereocenters. The van der Waals surface area contributed by atoms with Gasteiger partial charge in [0, 0.05) is 24.5 Å². The molecule has 30 heavy (non-hydrogen) atoms. The lowest BCUT2D eigenvalue weighted by Gasteiger charge is -2.18. The van der Waals surface area contributed by atoms with Crippen LogP contribution in [0, 0.1) is 0 Å². The van der Waals surface area contributed by atoms with Gasteiger partial charge in [-0.1, -0.05) is 36.4 Å². The van der Waals surface area contributed by atoms with Crippen LogP contribution in [0.3, 0.4) is 0 Å². The molecule has 0 spiro atoms. The molecule has 0 bridgehead atoms. The van der Waals surface area contributed by atoms with Crippen molar-refractivity contribution in [3.8, 4) is 11.3 Å². The van der Waals surface area contributed by atoms with Gasteiger partial charge in [-0.2, -0.15) is 5.10 Å². The van der Waals surface area contributed by atoms with Crippen molar-refractivity contribution in [3.63, 3.8) is 0 Å². The van der Waals surface area contributed by atoms with E-state index in [1.165, 1.54) is 31.8 Å². The predicted octanol–water partition coefficient (Wildman–Crippen LogP) is 3.24. The van der Waals surface area contributed by atoms with Gasteiger partial charge in [-0.05, 0) is 15.9 Å². The Morgan fingerprint density at radius 2 is 2.10 bits per heavy atom. The first-order valence-electron chi connectivity index (χ1n) is 8.99. The maximum Gasteiger partial charge on any atom is 0.266 e. The van der Waals surface area contributed by atoms with Crippen molar-refractivity contribution in [2.24, 2.45) is 7.05 Å². The van der Waals surface area contributed by atoms with Gasteiger partial charge in [0.15, 0.2) is 10.8 Å². The number of aromatic nitrogens is 5. The van der Waals surface area contributed by atoms with Crippen molar-refractivity contribution in [2.45, 2.75) is 6.54 Å². The summed E-state index contributed by atoms with van der Waals surface area (Å²) in [7, 11) is 1.70. The van der Waals surface area contributed by atoms with Crippen LogP contribution in [-0.2, 0) is 18.4 Å². The zero-order valence-corrected chi connectivity index (χ0v) is 18.4. The number of nitrogens with zero attached hydrogens (tertiary/aromatic N) is 6. The molecule has 4 aromatic rings. The van der Waals surface area contributed by atoms with Gasteiger partial charge in [0.2, 0.25) is 5.91 Å². The van der Waals surface area contributed by atoms with Crippen LogP contribution >= 0.6 is 27.3 Å². The molecular weight excluding hydrogens is 468 g/mol. The van der Waals surface area contributed by atoms with Gasteiger partial charge in [-0.25, -0.2) is 14.6 Å². The summed E-state index contributed by atoms with van der Waals surface area (Å²) in [5.41, 5.74) is 1.87. The molecule has 152 valence electrons. The van der Waals surface area contributed by atoms with Crippen LogP contribution in [0.25, 0.3) is 22.3 Å². The fourth-order valence-corrected chi connectivity index (χ4v) is 4.47. The molecule has 1 aromatic carbocycles. The zero-order chi connectivity index (χ0) is 21.3. The Labute approximate surface area is 184 Å². The highest BCUT2D eigenvalue weighted by Crippen LogP contribution is 2.27. The summed E-state index contributed by atoms with van der Waals surface area (Å²) in [5, 5.41) is 6.94. The van der Waals surface area contributed by atoms with Crippen molar-refractivity contribution in [3.05, 3.63) is 69.7 Å². The van der Waals surface area contributed by atoms with Gasteiger partial charge in [0.25, 0.3) is 5.56 Å². The minimum absolute atomic E-state index is 0.169. The molecule has 10 heteroatoms. The second kappa shape index (κ2) is 8.33. The Balaban J connectivity index is 1.64. The Kier molecular flexibility index (Phi) is 5.60. The highest BCUT2D eigenvalue weighted by Gasteiger charge is 2.21. The van der Waals surface area contributed by atoms with E-state index in [0.29, 0.717) is 20.8 Å².